The SMILES string of the molecule is CC(=O)c1ccc(NC(=O)C(Sc2cccc(NC(=O)/C(=C\c3ccc(-c4ccccc4)cc3)NC(=O)c3ccccc3)c2)c2ccccc2)cc1. The lowest BCUT2D eigenvalue weighted by molar-refractivity contribution is -0.116. The summed E-state index contributed by atoms with van der Waals surface area (Å²) in [7, 11) is 0. The minimum Gasteiger partial charge on any atom is -0.325 e. The first kappa shape index (κ1) is 35.3. The molecule has 0 saturated carbocycles. The van der Waals surface area contributed by atoms with Crippen molar-refractivity contribution in [2.24, 2.45) is 0 Å². The van der Waals surface area contributed by atoms with Crippen molar-refractivity contribution in [3.63, 3.8) is 0 Å². The zero-order valence-electron chi connectivity index (χ0n) is 28.3. The third kappa shape index (κ3) is 9.38. The number of benzene rings is 6. The molecule has 256 valence electrons. The standard InChI is InChI=1S/C44H35N3O4S/c1-30(48)32-24-26-37(27-25-32)45-44(51)41(35-14-7-3-8-15-35)52-39-19-11-18-38(29-39)46-43(50)40(47-42(49)36-16-9-4-10-17-36)28-31-20-22-34(23-21-31)33-12-5-2-6-13-33/h2-29,41H,1H3,(H,45,51)(H,46,50)(H,47,49)/b40-28+. The van der Waals surface area contributed by atoms with E-state index >= 15 is 0 Å². The summed E-state index contributed by atoms with van der Waals surface area (Å²) in [5.74, 6) is -1.22. The fourth-order valence-corrected chi connectivity index (χ4v) is 6.47. The Morgan fingerprint density at radius 3 is 1.85 bits per heavy atom. The lowest BCUT2D eigenvalue weighted by Gasteiger charge is -2.18. The van der Waals surface area contributed by atoms with E-state index < -0.39 is 17.1 Å². The van der Waals surface area contributed by atoms with E-state index in [1.165, 1.54) is 18.7 Å². The number of carbonyl (C=O) groups is 4. The van der Waals surface area contributed by atoms with Crippen molar-refractivity contribution in [2.45, 2.75) is 17.1 Å². The highest BCUT2D eigenvalue weighted by Crippen LogP contribution is 2.37. The molecule has 0 saturated heterocycles. The van der Waals surface area contributed by atoms with E-state index in [1.54, 1.807) is 72.8 Å². The van der Waals surface area contributed by atoms with Crippen molar-refractivity contribution < 1.29 is 19.2 Å². The fraction of sp³-hybridized carbons (Fsp3) is 0.0455. The number of ketones is 1. The van der Waals surface area contributed by atoms with Crippen molar-refractivity contribution in [1.82, 2.24) is 5.32 Å². The van der Waals surface area contributed by atoms with Gasteiger partial charge in [0.05, 0.1) is 0 Å². The van der Waals surface area contributed by atoms with Gasteiger partial charge in [-0.25, -0.2) is 0 Å². The molecule has 0 spiro atoms. The van der Waals surface area contributed by atoms with Gasteiger partial charge in [-0.2, -0.15) is 0 Å². The van der Waals surface area contributed by atoms with E-state index in [0.29, 0.717) is 22.5 Å². The van der Waals surface area contributed by atoms with Crippen molar-refractivity contribution in [3.8, 4) is 11.1 Å². The Hall–Kier alpha value is -6.51. The second-order valence-electron chi connectivity index (χ2n) is 11.9. The molecular weight excluding hydrogens is 667 g/mol. The van der Waals surface area contributed by atoms with Crippen molar-refractivity contribution in [3.05, 3.63) is 192 Å². The molecule has 3 N–H and O–H groups in total. The molecule has 0 fully saturated rings. The number of thioether (sulfide) groups is 1. The van der Waals surface area contributed by atoms with Gasteiger partial charge in [-0.3, -0.25) is 19.2 Å². The Morgan fingerprint density at radius 2 is 1.19 bits per heavy atom. The Morgan fingerprint density at radius 1 is 0.577 bits per heavy atom. The maximum absolute atomic E-state index is 13.8. The van der Waals surface area contributed by atoms with Crippen LogP contribution in [0, 0.1) is 0 Å². The molecule has 52 heavy (non-hydrogen) atoms. The van der Waals surface area contributed by atoms with Crippen molar-refractivity contribution >= 4 is 52.7 Å². The number of Topliss-reactive ketones (excluding diaryl/α,β-unsaturated/α-hetero) is 1. The monoisotopic (exact) mass is 701 g/mol. The Bertz CT molecular complexity index is 2200. The van der Waals surface area contributed by atoms with E-state index in [-0.39, 0.29) is 17.4 Å². The number of hydrogen-bond acceptors (Lipinski definition) is 5. The van der Waals surface area contributed by atoms with Gasteiger partial charge >= 0.3 is 0 Å². The number of rotatable bonds is 12. The summed E-state index contributed by atoms with van der Waals surface area (Å²) in [5, 5.41) is 8.07. The third-order valence-corrected chi connectivity index (χ3v) is 9.35. The van der Waals surface area contributed by atoms with E-state index in [9.17, 15) is 19.2 Å². The second kappa shape index (κ2) is 16.9. The van der Waals surface area contributed by atoms with Crippen LogP contribution >= 0.6 is 11.8 Å². The summed E-state index contributed by atoms with van der Waals surface area (Å²) >= 11 is 1.34. The average Bonchev–Trinajstić information content (AvgIpc) is 3.18. The summed E-state index contributed by atoms with van der Waals surface area (Å²) in [6.45, 7) is 1.49. The number of carbonyl (C=O) groups excluding carboxylic acids is 4. The normalized spacial score (nSPS) is 11.6. The smallest absolute Gasteiger partial charge is 0.272 e. The molecule has 6 rings (SSSR count). The maximum atomic E-state index is 13.8. The van der Waals surface area contributed by atoms with Crippen LogP contribution in [0.25, 0.3) is 17.2 Å². The fourth-order valence-electron chi connectivity index (χ4n) is 5.39. The highest BCUT2D eigenvalue weighted by Gasteiger charge is 2.23. The number of nitrogens with one attached hydrogen (secondary N) is 3. The van der Waals surface area contributed by atoms with E-state index in [1.807, 2.05) is 97.1 Å². The Labute approximate surface area is 306 Å². The Kier molecular flexibility index (Phi) is 11.5. The molecule has 0 bridgehead atoms. The lowest BCUT2D eigenvalue weighted by atomic mass is 10.0. The first-order chi connectivity index (χ1) is 25.3. The molecule has 0 aliphatic rings. The summed E-state index contributed by atoms with van der Waals surface area (Å²) in [5.41, 5.74) is 5.73. The van der Waals surface area contributed by atoms with Crippen LogP contribution < -0.4 is 16.0 Å². The minimum atomic E-state index is -0.626. The van der Waals surface area contributed by atoms with Crippen LogP contribution in [-0.4, -0.2) is 23.5 Å². The van der Waals surface area contributed by atoms with Gasteiger partial charge in [0.2, 0.25) is 5.91 Å². The molecule has 7 nitrogen and oxygen atoms in total. The predicted octanol–water partition coefficient (Wildman–Crippen LogP) is 9.44. The molecule has 0 aliphatic heterocycles. The van der Waals surface area contributed by atoms with Crippen LogP contribution in [0.15, 0.2) is 174 Å². The van der Waals surface area contributed by atoms with Gasteiger partial charge in [0.1, 0.15) is 10.9 Å². The van der Waals surface area contributed by atoms with Gasteiger partial charge in [-0.15, -0.1) is 11.8 Å². The largest absolute Gasteiger partial charge is 0.325 e. The summed E-state index contributed by atoms with van der Waals surface area (Å²) in [6, 6.07) is 49.8. The number of amides is 3. The summed E-state index contributed by atoms with van der Waals surface area (Å²) < 4.78 is 0. The molecule has 8 heteroatoms. The molecule has 1 unspecified atom stereocenters. The molecule has 6 aromatic rings. The Balaban J connectivity index is 1.23. The zero-order valence-corrected chi connectivity index (χ0v) is 29.1. The van der Waals surface area contributed by atoms with Crippen LogP contribution in [0.1, 0.15) is 44.0 Å². The minimum absolute atomic E-state index is 0.0544. The molecule has 0 aliphatic carbocycles. The molecule has 6 aromatic carbocycles. The topological polar surface area (TPSA) is 104 Å². The van der Waals surface area contributed by atoms with Crippen LogP contribution in [0.5, 0.6) is 0 Å². The molecule has 1 atom stereocenters. The van der Waals surface area contributed by atoms with Crippen LogP contribution in [0.2, 0.25) is 0 Å². The predicted molar refractivity (Wildman–Crippen MR) is 209 cm³/mol. The van der Waals surface area contributed by atoms with Gasteiger partial charge in [0.15, 0.2) is 5.78 Å². The van der Waals surface area contributed by atoms with Gasteiger partial charge < -0.3 is 16.0 Å². The lowest BCUT2D eigenvalue weighted by Crippen LogP contribution is -2.30. The summed E-state index contributed by atoms with van der Waals surface area (Å²) in [4.78, 5) is 53.1. The van der Waals surface area contributed by atoms with Crippen molar-refractivity contribution in [2.75, 3.05) is 10.6 Å². The third-order valence-electron chi connectivity index (χ3n) is 8.10. The van der Waals surface area contributed by atoms with Gasteiger partial charge in [0.25, 0.3) is 11.8 Å². The van der Waals surface area contributed by atoms with Crippen LogP contribution in [0.3, 0.4) is 0 Å². The maximum Gasteiger partial charge on any atom is 0.272 e. The van der Waals surface area contributed by atoms with Crippen LogP contribution in [0.4, 0.5) is 11.4 Å². The molecular formula is C44H35N3O4S. The zero-order chi connectivity index (χ0) is 36.3. The van der Waals surface area contributed by atoms with E-state index in [4.69, 9.17) is 0 Å². The average molecular weight is 702 g/mol. The molecule has 3 amide bonds. The van der Waals surface area contributed by atoms with Crippen molar-refractivity contribution in [1.29, 1.82) is 0 Å². The molecule has 0 heterocycles. The van der Waals surface area contributed by atoms with Gasteiger partial charge in [-0.05, 0) is 89.9 Å². The van der Waals surface area contributed by atoms with E-state index in [2.05, 4.69) is 16.0 Å². The highest BCUT2D eigenvalue weighted by atomic mass is 32.2. The number of hydrogen-bond donors (Lipinski definition) is 3. The molecule has 0 aromatic heterocycles. The second-order valence-corrected chi connectivity index (χ2v) is 13.1. The number of anilines is 2. The van der Waals surface area contributed by atoms with Crippen LogP contribution in [-0.2, 0) is 9.59 Å². The summed E-state index contributed by atoms with van der Waals surface area (Å²) in [6.07, 6.45) is 1.64. The molecule has 0 radical (unpaired) electrons. The van der Waals surface area contributed by atoms with Gasteiger partial charge in [0, 0.05) is 27.4 Å². The van der Waals surface area contributed by atoms with E-state index in [0.717, 1.165) is 27.1 Å². The highest BCUT2D eigenvalue weighted by molar-refractivity contribution is 8.00. The first-order valence-electron chi connectivity index (χ1n) is 16.6. The van der Waals surface area contributed by atoms with Gasteiger partial charge in [-0.1, -0.05) is 109 Å². The first-order valence-corrected chi connectivity index (χ1v) is 17.5. The quantitative estimate of drug-likeness (QED) is 0.0670.